The molecule has 1 rings (SSSR count). The maximum atomic E-state index is 10.8. The van der Waals surface area contributed by atoms with E-state index >= 15 is 0 Å². The molecule has 0 amide bonds. The minimum atomic E-state index is 0.157. The number of carbonyl (C=O) groups is 1. The Bertz CT molecular complexity index is 281. The van der Waals surface area contributed by atoms with E-state index in [4.69, 9.17) is 5.73 Å². The number of benzene rings is 1. The monoisotopic (exact) mass is 162 g/mol. The summed E-state index contributed by atoms with van der Waals surface area (Å²) in [6, 6.07) is 8.47. The number of hydrogen-bond donors (Lipinski definition) is 1. The molecule has 1 aromatic rings. The van der Waals surface area contributed by atoms with Gasteiger partial charge in [-0.1, -0.05) is 18.2 Å². The molecule has 0 aromatic heterocycles. The summed E-state index contributed by atoms with van der Waals surface area (Å²) in [7, 11) is 0. The molecule has 0 aliphatic rings. The van der Waals surface area contributed by atoms with E-state index < -0.39 is 0 Å². The summed E-state index contributed by atoms with van der Waals surface area (Å²) >= 11 is 0. The molecule has 0 aliphatic carbocycles. The van der Waals surface area contributed by atoms with Gasteiger partial charge in [0, 0.05) is 13.0 Å². The summed E-state index contributed by atoms with van der Waals surface area (Å²) in [4.78, 5) is 10.8. The molecule has 0 atom stereocenters. The molecule has 0 saturated carbocycles. The lowest BCUT2D eigenvalue weighted by molar-refractivity contribution is -0.116. The highest BCUT2D eigenvalue weighted by atomic mass is 16.1. The van der Waals surface area contributed by atoms with Crippen LogP contribution < -0.4 is 5.73 Å². The molecular weight excluding hydrogens is 150 g/mol. The van der Waals surface area contributed by atoms with Gasteiger partial charge in [-0.15, -0.1) is 0 Å². The van der Waals surface area contributed by atoms with Crippen molar-refractivity contribution in [1.82, 2.24) is 0 Å². The van der Waals surface area contributed by atoms with Gasteiger partial charge >= 0.3 is 0 Å². The van der Waals surface area contributed by atoms with Gasteiger partial charge in [0.05, 0.1) is 0 Å². The van der Waals surface area contributed by atoms with E-state index in [1.165, 1.54) is 0 Å². The van der Waals surface area contributed by atoms with Crippen molar-refractivity contribution < 1.29 is 4.79 Å². The van der Waals surface area contributed by atoms with Crippen molar-refractivity contribution in [3.8, 4) is 0 Å². The van der Waals surface area contributed by atoms with Crippen LogP contribution in [0.3, 0.4) is 0 Å². The topological polar surface area (TPSA) is 43.1 Å². The minimum Gasteiger partial charge on any atom is -0.326 e. The fourth-order valence-electron chi connectivity index (χ4n) is 1.13. The van der Waals surface area contributed by atoms with Crippen molar-refractivity contribution in [3.63, 3.8) is 0 Å². The fraction of sp³-hybridized carbons (Fsp3) is 0.300. The summed E-state index contributed by atoms with van der Waals surface area (Å²) in [5, 5.41) is 0. The van der Waals surface area contributed by atoms with E-state index in [1.54, 1.807) is 6.92 Å². The first-order valence-corrected chi connectivity index (χ1v) is 3.91. The van der Waals surface area contributed by atoms with E-state index in [2.05, 4.69) is 6.07 Å². The first-order valence-electron chi connectivity index (χ1n) is 3.91. The molecule has 1 aromatic carbocycles. The quantitative estimate of drug-likeness (QED) is 0.722. The van der Waals surface area contributed by atoms with Gasteiger partial charge in [-0.3, -0.25) is 4.79 Å². The molecule has 0 unspecified atom stereocenters. The molecule has 0 spiro atoms. The van der Waals surface area contributed by atoms with Crippen molar-refractivity contribution in [1.29, 1.82) is 0 Å². The number of Topliss-reactive ketones (excluding diaryl/α,β-unsaturated/α-hetero) is 1. The predicted molar refractivity (Wildman–Crippen MR) is 47.6 cm³/mol. The molecule has 0 heterocycles. The highest BCUT2D eigenvalue weighted by Gasteiger charge is 2.01. The number of ketones is 1. The second-order valence-corrected chi connectivity index (χ2v) is 2.78. The highest BCUT2D eigenvalue weighted by Crippen LogP contribution is 2.08. The van der Waals surface area contributed by atoms with Crippen LogP contribution >= 0.6 is 0 Å². The molecule has 12 heavy (non-hydrogen) atoms. The third-order valence-electron chi connectivity index (χ3n) is 1.71. The zero-order valence-electron chi connectivity index (χ0n) is 7.13. The van der Waals surface area contributed by atoms with Crippen LogP contribution in [0.2, 0.25) is 0 Å². The summed E-state index contributed by atoms with van der Waals surface area (Å²) in [6.07, 6.45) is 0.462. The number of carbonyl (C=O) groups excluding carboxylic acids is 1. The normalized spacial score (nSPS) is 9.83. The van der Waals surface area contributed by atoms with E-state index in [-0.39, 0.29) is 5.78 Å². The SMILES string of the molecule is CC(=O)Cc1c[c]ccc1CN. The second kappa shape index (κ2) is 4.02. The number of nitrogens with two attached hydrogens (primary N) is 1. The van der Waals surface area contributed by atoms with Gasteiger partial charge in [0.15, 0.2) is 0 Å². The maximum Gasteiger partial charge on any atom is 0.134 e. The Balaban J connectivity index is 2.89. The molecular formula is C10H12NO. The summed E-state index contributed by atoms with van der Waals surface area (Å²) < 4.78 is 0. The summed E-state index contributed by atoms with van der Waals surface area (Å²) in [5.74, 6) is 0.157. The average Bonchev–Trinajstić information content (AvgIpc) is 2.04. The first kappa shape index (κ1) is 8.94. The predicted octanol–water partition coefficient (Wildman–Crippen LogP) is 1.08. The molecule has 1 radical (unpaired) electrons. The molecule has 2 heteroatoms. The number of rotatable bonds is 3. The summed E-state index contributed by atoms with van der Waals surface area (Å²) in [6.45, 7) is 2.06. The molecule has 0 aliphatic heterocycles. The zero-order chi connectivity index (χ0) is 8.97. The van der Waals surface area contributed by atoms with Crippen LogP contribution in [0.25, 0.3) is 0 Å². The van der Waals surface area contributed by atoms with Crippen molar-refractivity contribution in [2.45, 2.75) is 19.9 Å². The van der Waals surface area contributed by atoms with Gasteiger partial charge in [0.2, 0.25) is 0 Å². The van der Waals surface area contributed by atoms with E-state index in [0.29, 0.717) is 13.0 Å². The largest absolute Gasteiger partial charge is 0.326 e. The zero-order valence-corrected chi connectivity index (χ0v) is 7.13. The van der Waals surface area contributed by atoms with Gasteiger partial charge in [-0.25, -0.2) is 0 Å². The standard InChI is InChI=1S/C10H12NO/c1-8(12)6-9-4-2-3-5-10(9)7-11/h3-5H,6-7,11H2,1H3. The molecule has 63 valence electrons. The lowest BCUT2D eigenvalue weighted by Crippen LogP contribution is -2.04. The molecule has 2 N–H and O–H groups in total. The van der Waals surface area contributed by atoms with Gasteiger partial charge in [-0.05, 0) is 24.1 Å². The van der Waals surface area contributed by atoms with Crippen LogP contribution in [-0.2, 0) is 17.8 Å². The van der Waals surface area contributed by atoms with Crippen LogP contribution in [0.4, 0.5) is 0 Å². The Labute approximate surface area is 72.4 Å². The highest BCUT2D eigenvalue weighted by molar-refractivity contribution is 5.78. The minimum absolute atomic E-state index is 0.157. The first-order chi connectivity index (χ1) is 5.74. The van der Waals surface area contributed by atoms with Crippen LogP contribution in [0, 0.1) is 6.07 Å². The Kier molecular flexibility index (Phi) is 3.00. The van der Waals surface area contributed by atoms with E-state index in [1.807, 2.05) is 18.2 Å². The van der Waals surface area contributed by atoms with E-state index in [9.17, 15) is 4.79 Å². The maximum absolute atomic E-state index is 10.8. The lowest BCUT2D eigenvalue weighted by Gasteiger charge is -2.03. The van der Waals surface area contributed by atoms with Crippen molar-refractivity contribution in [3.05, 3.63) is 35.4 Å². The van der Waals surface area contributed by atoms with Crippen LogP contribution in [0.1, 0.15) is 18.1 Å². The Morgan fingerprint density at radius 2 is 2.33 bits per heavy atom. The van der Waals surface area contributed by atoms with Crippen LogP contribution in [0.5, 0.6) is 0 Å². The third kappa shape index (κ3) is 2.17. The smallest absolute Gasteiger partial charge is 0.134 e. The van der Waals surface area contributed by atoms with Gasteiger partial charge in [-0.2, -0.15) is 0 Å². The van der Waals surface area contributed by atoms with Gasteiger partial charge < -0.3 is 5.73 Å². The average molecular weight is 162 g/mol. The number of hydrogen-bond acceptors (Lipinski definition) is 2. The molecule has 0 fully saturated rings. The molecule has 0 saturated heterocycles. The van der Waals surface area contributed by atoms with Crippen LogP contribution in [-0.4, -0.2) is 5.78 Å². The summed E-state index contributed by atoms with van der Waals surface area (Å²) in [5.41, 5.74) is 7.53. The van der Waals surface area contributed by atoms with Crippen molar-refractivity contribution in [2.24, 2.45) is 5.73 Å². The molecule has 2 nitrogen and oxygen atoms in total. The molecule has 0 bridgehead atoms. The van der Waals surface area contributed by atoms with Crippen molar-refractivity contribution >= 4 is 5.78 Å². The van der Waals surface area contributed by atoms with Gasteiger partial charge in [0.25, 0.3) is 0 Å². The van der Waals surface area contributed by atoms with Crippen LogP contribution in [0.15, 0.2) is 18.2 Å². The van der Waals surface area contributed by atoms with E-state index in [0.717, 1.165) is 11.1 Å². The lowest BCUT2D eigenvalue weighted by atomic mass is 10.0. The van der Waals surface area contributed by atoms with Crippen molar-refractivity contribution in [2.75, 3.05) is 0 Å². The van der Waals surface area contributed by atoms with Gasteiger partial charge in [0.1, 0.15) is 5.78 Å². The second-order valence-electron chi connectivity index (χ2n) is 2.78. The Morgan fingerprint density at radius 3 is 2.92 bits per heavy atom. The Morgan fingerprint density at radius 1 is 1.58 bits per heavy atom. The Hall–Kier alpha value is -1.15. The third-order valence-corrected chi connectivity index (χ3v) is 1.71. The fourth-order valence-corrected chi connectivity index (χ4v) is 1.13.